The minimum Gasteiger partial charge on any atom is -0.460 e. The summed E-state index contributed by atoms with van der Waals surface area (Å²) in [6, 6.07) is 5.41. The minimum atomic E-state index is -0.558. The zero-order chi connectivity index (χ0) is 11.5. The van der Waals surface area contributed by atoms with Gasteiger partial charge in [-0.2, -0.15) is 0 Å². The molecule has 0 aliphatic rings. The second-order valence-electron chi connectivity index (χ2n) is 2.96. The van der Waals surface area contributed by atoms with Crippen molar-refractivity contribution >= 4 is 32.9 Å². The largest absolute Gasteiger partial charge is 0.460 e. The van der Waals surface area contributed by atoms with E-state index in [-0.39, 0.29) is 5.82 Å². The molecule has 1 heterocycles. The maximum Gasteiger partial charge on any atom is 0.378 e. The smallest absolute Gasteiger partial charge is 0.378 e. The summed E-state index contributed by atoms with van der Waals surface area (Å²) in [5, 5.41) is 7.64. The summed E-state index contributed by atoms with van der Waals surface area (Å²) in [7, 11) is 0. The van der Waals surface area contributed by atoms with Crippen LogP contribution in [0.3, 0.4) is 0 Å². The number of aromatic nitrogens is 3. The van der Waals surface area contributed by atoms with Crippen LogP contribution in [0.25, 0.3) is 11.0 Å². The highest BCUT2D eigenvalue weighted by atomic mass is 79.9. The van der Waals surface area contributed by atoms with Gasteiger partial charge in [0, 0.05) is 4.47 Å². The van der Waals surface area contributed by atoms with E-state index in [1.165, 1.54) is 0 Å². The van der Waals surface area contributed by atoms with Crippen molar-refractivity contribution in [1.29, 1.82) is 0 Å². The molecule has 0 atom stereocenters. The Morgan fingerprint density at radius 2 is 2.25 bits per heavy atom. The average Bonchev–Trinajstić information content (AvgIpc) is 2.29. The fourth-order valence-electron chi connectivity index (χ4n) is 1.21. The Kier molecular flexibility index (Phi) is 3.09. The number of halogens is 1. The van der Waals surface area contributed by atoms with E-state index >= 15 is 0 Å². The molecule has 6 heteroatoms. The lowest BCUT2D eigenvalue weighted by Gasteiger charge is -2.01. The Labute approximate surface area is 100.0 Å². The molecule has 0 saturated carbocycles. The predicted molar refractivity (Wildman–Crippen MR) is 61.0 cm³/mol. The lowest BCUT2D eigenvalue weighted by Crippen LogP contribution is -2.10. The highest BCUT2D eigenvalue weighted by Crippen LogP contribution is 2.19. The molecule has 0 unspecified atom stereocenters. The molecule has 16 heavy (non-hydrogen) atoms. The summed E-state index contributed by atoms with van der Waals surface area (Å²) >= 11 is 3.33. The number of fused-ring (bicyclic) bond motifs is 1. The van der Waals surface area contributed by atoms with Crippen molar-refractivity contribution in [3.8, 4) is 0 Å². The number of hydrogen-bond acceptors (Lipinski definition) is 5. The molecule has 2 rings (SSSR count). The zero-order valence-corrected chi connectivity index (χ0v) is 10.1. The first-order chi connectivity index (χ1) is 7.72. The molecular formula is C10H8BrN3O2. The van der Waals surface area contributed by atoms with Gasteiger partial charge in [-0.15, -0.1) is 10.2 Å². The van der Waals surface area contributed by atoms with Crippen LogP contribution in [-0.4, -0.2) is 27.8 Å². The molecule has 82 valence electrons. The van der Waals surface area contributed by atoms with Crippen LogP contribution >= 0.6 is 15.9 Å². The SMILES string of the molecule is CCOC(=O)c1nnc2c(Br)cccc2n1. The summed E-state index contributed by atoms with van der Waals surface area (Å²) in [5.74, 6) is -0.579. The van der Waals surface area contributed by atoms with Gasteiger partial charge in [-0.25, -0.2) is 9.78 Å². The van der Waals surface area contributed by atoms with Crippen molar-refractivity contribution in [3.05, 3.63) is 28.5 Å². The van der Waals surface area contributed by atoms with Crippen LogP contribution in [0.15, 0.2) is 22.7 Å². The van der Waals surface area contributed by atoms with E-state index < -0.39 is 5.97 Å². The molecule has 0 saturated heterocycles. The number of hydrogen-bond donors (Lipinski definition) is 0. The van der Waals surface area contributed by atoms with Crippen molar-refractivity contribution in [2.75, 3.05) is 6.61 Å². The van der Waals surface area contributed by atoms with Crippen LogP contribution in [0.5, 0.6) is 0 Å². The lowest BCUT2D eigenvalue weighted by atomic mass is 10.3. The van der Waals surface area contributed by atoms with Crippen LogP contribution in [0, 0.1) is 0 Å². The van der Waals surface area contributed by atoms with Gasteiger partial charge in [0.05, 0.1) is 12.1 Å². The first-order valence-electron chi connectivity index (χ1n) is 4.68. The highest BCUT2D eigenvalue weighted by molar-refractivity contribution is 9.10. The summed E-state index contributed by atoms with van der Waals surface area (Å²) in [4.78, 5) is 15.5. The summed E-state index contributed by atoms with van der Waals surface area (Å²) in [5.41, 5.74) is 1.22. The first kappa shape index (κ1) is 10.9. The molecule has 1 aromatic heterocycles. The monoisotopic (exact) mass is 281 g/mol. The highest BCUT2D eigenvalue weighted by Gasteiger charge is 2.12. The topological polar surface area (TPSA) is 65.0 Å². The van der Waals surface area contributed by atoms with Crippen molar-refractivity contribution in [2.24, 2.45) is 0 Å². The molecule has 0 bridgehead atoms. The summed E-state index contributed by atoms with van der Waals surface area (Å²) < 4.78 is 5.58. The van der Waals surface area contributed by atoms with Gasteiger partial charge in [0.25, 0.3) is 5.82 Å². The van der Waals surface area contributed by atoms with E-state index in [0.717, 1.165) is 4.47 Å². The molecule has 0 aliphatic carbocycles. The first-order valence-corrected chi connectivity index (χ1v) is 5.47. The number of esters is 1. The zero-order valence-electron chi connectivity index (χ0n) is 8.48. The van der Waals surface area contributed by atoms with E-state index in [9.17, 15) is 4.79 Å². The third-order valence-electron chi connectivity index (χ3n) is 1.89. The summed E-state index contributed by atoms with van der Waals surface area (Å²) in [6.45, 7) is 2.02. The van der Waals surface area contributed by atoms with E-state index in [1.807, 2.05) is 12.1 Å². The molecule has 5 nitrogen and oxygen atoms in total. The van der Waals surface area contributed by atoms with Crippen molar-refractivity contribution in [3.63, 3.8) is 0 Å². The maximum absolute atomic E-state index is 11.4. The Bertz CT molecular complexity index is 545. The van der Waals surface area contributed by atoms with Gasteiger partial charge in [-0.05, 0) is 35.0 Å². The van der Waals surface area contributed by atoms with Crippen LogP contribution in [0.2, 0.25) is 0 Å². The van der Waals surface area contributed by atoms with E-state index in [1.54, 1.807) is 13.0 Å². The molecule has 1 aromatic carbocycles. The van der Waals surface area contributed by atoms with E-state index in [4.69, 9.17) is 4.74 Å². The third-order valence-corrected chi connectivity index (χ3v) is 2.53. The fourth-order valence-corrected chi connectivity index (χ4v) is 1.64. The number of benzene rings is 1. The average molecular weight is 282 g/mol. The molecular weight excluding hydrogens is 274 g/mol. The fraction of sp³-hybridized carbons (Fsp3) is 0.200. The Morgan fingerprint density at radius 1 is 1.44 bits per heavy atom. The van der Waals surface area contributed by atoms with Crippen LogP contribution in [-0.2, 0) is 4.74 Å². The molecule has 0 spiro atoms. The Morgan fingerprint density at radius 3 is 3.00 bits per heavy atom. The van der Waals surface area contributed by atoms with Crippen molar-refractivity contribution in [1.82, 2.24) is 15.2 Å². The number of rotatable bonds is 2. The van der Waals surface area contributed by atoms with E-state index in [0.29, 0.717) is 17.6 Å². The molecule has 0 amide bonds. The molecule has 0 radical (unpaired) electrons. The van der Waals surface area contributed by atoms with Gasteiger partial charge in [0.1, 0.15) is 5.52 Å². The second kappa shape index (κ2) is 4.52. The lowest BCUT2D eigenvalue weighted by molar-refractivity contribution is 0.0511. The third kappa shape index (κ3) is 2.01. The normalized spacial score (nSPS) is 10.4. The molecule has 0 fully saturated rings. The Hall–Kier alpha value is -1.56. The van der Waals surface area contributed by atoms with Gasteiger partial charge >= 0.3 is 5.97 Å². The molecule has 0 aliphatic heterocycles. The van der Waals surface area contributed by atoms with Crippen molar-refractivity contribution in [2.45, 2.75) is 6.92 Å². The number of carbonyl (C=O) groups is 1. The minimum absolute atomic E-state index is 0.0209. The quantitative estimate of drug-likeness (QED) is 0.788. The summed E-state index contributed by atoms with van der Waals surface area (Å²) in [6.07, 6.45) is 0. The number of ether oxygens (including phenoxy) is 1. The van der Waals surface area contributed by atoms with E-state index in [2.05, 4.69) is 31.1 Å². The van der Waals surface area contributed by atoms with Gasteiger partial charge in [0.2, 0.25) is 0 Å². The molecule has 2 aromatic rings. The van der Waals surface area contributed by atoms with Gasteiger partial charge in [-0.3, -0.25) is 0 Å². The van der Waals surface area contributed by atoms with Gasteiger partial charge in [-0.1, -0.05) is 6.07 Å². The number of nitrogens with zero attached hydrogens (tertiary/aromatic N) is 3. The van der Waals surface area contributed by atoms with Crippen molar-refractivity contribution < 1.29 is 9.53 Å². The number of carbonyl (C=O) groups excluding carboxylic acids is 1. The second-order valence-corrected chi connectivity index (χ2v) is 3.82. The van der Waals surface area contributed by atoms with Gasteiger partial charge < -0.3 is 4.74 Å². The van der Waals surface area contributed by atoms with Gasteiger partial charge in [0.15, 0.2) is 0 Å². The van der Waals surface area contributed by atoms with Crippen LogP contribution < -0.4 is 0 Å². The maximum atomic E-state index is 11.4. The molecule has 0 N–H and O–H groups in total. The predicted octanol–water partition coefficient (Wildman–Crippen LogP) is 1.96. The van der Waals surface area contributed by atoms with Crippen LogP contribution in [0.1, 0.15) is 17.5 Å². The van der Waals surface area contributed by atoms with Crippen LogP contribution in [0.4, 0.5) is 0 Å². The standard InChI is InChI=1S/C10H8BrN3O2/c1-2-16-10(15)9-12-7-5-3-4-6(11)8(7)13-14-9/h3-5H,2H2,1H3. The Balaban J connectivity index is 2.48.